The summed E-state index contributed by atoms with van der Waals surface area (Å²) < 4.78 is 16.6. The van der Waals surface area contributed by atoms with Gasteiger partial charge in [-0.15, -0.1) is 24.8 Å². The van der Waals surface area contributed by atoms with Gasteiger partial charge in [-0.3, -0.25) is 0 Å². The monoisotopic (exact) mass is 554 g/mol. The minimum Gasteiger partial charge on any atom is -0.496 e. The number of nitrogens with one attached hydrogen (secondary N) is 1. The van der Waals surface area contributed by atoms with Crippen LogP contribution in [0.4, 0.5) is 0 Å². The number of halogens is 2. The Morgan fingerprint density at radius 1 is 0.838 bits per heavy atom. The summed E-state index contributed by atoms with van der Waals surface area (Å²) in [5.74, 6) is 2.78. The minimum atomic E-state index is 0. The van der Waals surface area contributed by atoms with Crippen LogP contribution < -0.4 is 19.5 Å². The lowest BCUT2D eigenvalue weighted by molar-refractivity contribution is 0.175. The van der Waals surface area contributed by atoms with Crippen LogP contribution in [0.2, 0.25) is 0 Å². The first-order chi connectivity index (χ1) is 17.2. The van der Waals surface area contributed by atoms with Gasteiger partial charge in [-0.25, -0.2) is 0 Å². The molecule has 0 radical (unpaired) electrons. The fourth-order valence-corrected chi connectivity index (χ4v) is 5.42. The number of benzene rings is 2. The van der Waals surface area contributed by atoms with E-state index < -0.39 is 0 Å². The summed E-state index contributed by atoms with van der Waals surface area (Å²) in [5.41, 5.74) is 4.05. The second-order valence-electron chi connectivity index (χ2n) is 9.60. The van der Waals surface area contributed by atoms with Crippen molar-refractivity contribution in [2.45, 2.75) is 70.8 Å². The zero-order valence-corrected chi connectivity index (χ0v) is 24.9. The van der Waals surface area contributed by atoms with Gasteiger partial charge in [0.15, 0.2) is 11.5 Å². The van der Waals surface area contributed by atoms with Gasteiger partial charge in [0.25, 0.3) is 0 Å². The van der Waals surface area contributed by atoms with Crippen LogP contribution in [-0.4, -0.2) is 58.5 Å². The second-order valence-corrected chi connectivity index (χ2v) is 9.60. The number of hydrogen-bond acceptors (Lipinski definition) is 5. The highest BCUT2D eigenvalue weighted by Gasteiger charge is 2.27. The molecule has 0 amide bonds. The highest BCUT2D eigenvalue weighted by Crippen LogP contribution is 2.38. The van der Waals surface area contributed by atoms with Crippen molar-refractivity contribution < 1.29 is 14.2 Å². The molecular formula is C30H48Cl2N2O3. The third-order valence-electron chi connectivity index (χ3n) is 7.27. The lowest BCUT2D eigenvalue weighted by Gasteiger charge is -2.36. The first-order valence-electron chi connectivity index (χ1n) is 13.5. The molecular weight excluding hydrogens is 507 g/mol. The molecule has 1 unspecified atom stereocenters. The van der Waals surface area contributed by atoms with Crippen molar-refractivity contribution in [2.24, 2.45) is 0 Å². The number of methoxy groups -OCH3 is 3. The van der Waals surface area contributed by atoms with Gasteiger partial charge < -0.3 is 24.4 Å². The van der Waals surface area contributed by atoms with Gasteiger partial charge in [0.05, 0.1) is 21.3 Å². The number of rotatable bonds is 16. The molecule has 210 valence electrons. The Morgan fingerprint density at radius 2 is 1.59 bits per heavy atom. The van der Waals surface area contributed by atoms with E-state index in [2.05, 4.69) is 41.4 Å². The van der Waals surface area contributed by atoms with Crippen molar-refractivity contribution in [3.8, 4) is 17.2 Å². The van der Waals surface area contributed by atoms with Crippen LogP contribution in [0.25, 0.3) is 0 Å². The summed E-state index contributed by atoms with van der Waals surface area (Å²) in [6.07, 6.45) is 10.8. The molecule has 37 heavy (non-hydrogen) atoms. The van der Waals surface area contributed by atoms with Gasteiger partial charge in [-0.1, -0.05) is 44.0 Å². The van der Waals surface area contributed by atoms with Gasteiger partial charge in [-0.2, -0.15) is 0 Å². The molecule has 1 atom stereocenters. The summed E-state index contributed by atoms with van der Waals surface area (Å²) in [7, 11) is 5.22. The normalized spacial score (nSPS) is 14.4. The van der Waals surface area contributed by atoms with E-state index in [4.69, 9.17) is 14.2 Å². The quantitative estimate of drug-likeness (QED) is 0.239. The minimum absolute atomic E-state index is 0. The molecule has 0 bridgehead atoms. The Morgan fingerprint density at radius 3 is 2.32 bits per heavy atom. The molecule has 2 aromatic rings. The number of hydrogen-bond donors (Lipinski definition) is 1. The summed E-state index contributed by atoms with van der Waals surface area (Å²) in [4.78, 5) is 2.74. The van der Waals surface area contributed by atoms with Crippen molar-refractivity contribution in [1.82, 2.24) is 10.2 Å². The van der Waals surface area contributed by atoms with Crippen molar-refractivity contribution in [2.75, 3.05) is 47.5 Å². The zero-order valence-electron chi connectivity index (χ0n) is 23.2. The summed E-state index contributed by atoms with van der Waals surface area (Å²) in [5, 5.41) is 3.60. The maximum absolute atomic E-state index is 5.69. The Bertz CT molecular complexity index is 897. The molecule has 1 aliphatic carbocycles. The van der Waals surface area contributed by atoms with E-state index in [1.165, 1.54) is 68.3 Å². The summed E-state index contributed by atoms with van der Waals surface area (Å²) >= 11 is 0. The third-order valence-corrected chi connectivity index (χ3v) is 7.27. The van der Waals surface area contributed by atoms with Crippen molar-refractivity contribution in [3.05, 3.63) is 53.1 Å². The molecule has 0 heterocycles. The summed E-state index contributed by atoms with van der Waals surface area (Å²) in [6.45, 7) is 6.80. The topological polar surface area (TPSA) is 43.0 Å². The first-order valence-corrected chi connectivity index (χ1v) is 13.5. The van der Waals surface area contributed by atoms with Crippen molar-refractivity contribution in [3.63, 3.8) is 0 Å². The number of para-hydroxylation sites is 1. The van der Waals surface area contributed by atoms with Gasteiger partial charge in [0, 0.05) is 11.6 Å². The molecule has 0 fully saturated rings. The largest absolute Gasteiger partial charge is 0.496 e. The van der Waals surface area contributed by atoms with Crippen molar-refractivity contribution >= 4 is 24.8 Å². The molecule has 0 saturated carbocycles. The molecule has 5 nitrogen and oxygen atoms in total. The van der Waals surface area contributed by atoms with E-state index in [0.29, 0.717) is 6.04 Å². The number of ether oxygens (including phenoxy) is 3. The average Bonchev–Trinajstić information content (AvgIpc) is 2.90. The van der Waals surface area contributed by atoms with Crippen molar-refractivity contribution in [1.29, 1.82) is 0 Å². The number of fused-ring (bicyclic) bond motifs is 1. The van der Waals surface area contributed by atoms with Gasteiger partial charge in [0.1, 0.15) is 5.75 Å². The average molecular weight is 556 g/mol. The third kappa shape index (κ3) is 9.86. The Kier molecular flexibility index (Phi) is 16.7. The molecule has 3 rings (SSSR count). The molecule has 2 aromatic carbocycles. The van der Waals surface area contributed by atoms with Crippen LogP contribution in [0.3, 0.4) is 0 Å². The zero-order chi connectivity index (χ0) is 24.9. The molecule has 0 saturated heterocycles. The summed E-state index contributed by atoms with van der Waals surface area (Å²) in [6, 6.07) is 13.2. The highest BCUT2D eigenvalue weighted by atomic mass is 35.5. The van der Waals surface area contributed by atoms with Crippen LogP contribution in [0.5, 0.6) is 17.2 Å². The van der Waals surface area contributed by atoms with E-state index in [9.17, 15) is 0 Å². The highest BCUT2D eigenvalue weighted by molar-refractivity contribution is 5.85. The van der Waals surface area contributed by atoms with Gasteiger partial charge >= 0.3 is 0 Å². The van der Waals surface area contributed by atoms with Crippen LogP contribution in [0, 0.1) is 0 Å². The fraction of sp³-hybridized carbons (Fsp3) is 0.600. The molecule has 0 aromatic heterocycles. The van der Waals surface area contributed by atoms with E-state index in [1.54, 1.807) is 21.3 Å². The lowest BCUT2D eigenvalue weighted by atomic mass is 9.86. The standard InChI is InChI=1S/C30H46N2O3.2ClH/c1-5-21-32(26-15-16-27-25(23-26)14-17-29(34-3)30(27)35-4)22-11-7-6-10-19-31-20-18-24-12-8-9-13-28(24)33-2;;/h8-9,12-14,17,26,31H,5-7,10-11,15-16,18-23H2,1-4H3;2*1H. The van der Waals surface area contributed by atoms with Gasteiger partial charge in [0.2, 0.25) is 0 Å². The predicted octanol–water partition coefficient (Wildman–Crippen LogP) is 6.52. The van der Waals surface area contributed by atoms with Crippen LogP contribution in [0.15, 0.2) is 36.4 Å². The Labute approximate surface area is 237 Å². The van der Waals surface area contributed by atoms with Gasteiger partial charge in [-0.05, 0) is 94.4 Å². The van der Waals surface area contributed by atoms with E-state index in [-0.39, 0.29) is 24.8 Å². The van der Waals surface area contributed by atoms with Crippen LogP contribution >= 0.6 is 24.8 Å². The Balaban J connectivity index is 0.00000342. The molecule has 1 N–H and O–H groups in total. The van der Waals surface area contributed by atoms with Crippen LogP contribution in [0.1, 0.15) is 62.1 Å². The molecule has 1 aliphatic rings. The molecule has 0 aliphatic heterocycles. The SMILES string of the molecule is CCCN(CCCCCCNCCc1ccccc1OC)C1CCc2c(ccc(OC)c2OC)C1.Cl.Cl. The predicted molar refractivity (Wildman–Crippen MR) is 160 cm³/mol. The van der Waals surface area contributed by atoms with E-state index in [0.717, 1.165) is 49.6 Å². The first kappa shape index (κ1) is 33.4. The maximum Gasteiger partial charge on any atom is 0.164 e. The molecule has 7 heteroatoms. The Hall–Kier alpha value is -1.66. The number of unbranched alkanes of at least 4 members (excludes halogenated alkanes) is 3. The maximum atomic E-state index is 5.69. The van der Waals surface area contributed by atoms with E-state index in [1.807, 2.05) is 12.1 Å². The second kappa shape index (κ2) is 18.6. The van der Waals surface area contributed by atoms with Crippen LogP contribution in [-0.2, 0) is 19.3 Å². The number of nitrogens with zero attached hydrogens (tertiary/aromatic N) is 1. The molecule has 0 spiro atoms. The lowest BCUT2D eigenvalue weighted by Crippen LogP contribution is -2.40. The van der Waals surface area contributed by atoms with E-state index >= 15 is 0 Å². The fourth-order valence-electron chi connectivity index (χ4n) is 5.42. The smallest absolute Gasteiger partial charge is 0.164 e.